The monoisotopic (exact) mass is 389 g/mol. The third-order valence-corrected chi connectivity index (χ3v) is 5.96. The number of benzene rings is 1. The van der Waals surface area contributed by atoms with Crippen LogP contribution in [0, 0.1) is 0 Å². The highest BCUT2D eigenvalue weighted by Crippen LogP contribution is 2.22. The number of aryl methyl sites for hydroxylation is 1. The van der Waals surface area contributed by atoms with Gasteiger partial charge in [-0.15, -0.1) is 11.3 Å². The van der Waals surface area contributed by atoms with E-state index in [1.165, 1.54) is 11.3 Å². The van der Waals surface area contributed by atoms with E-state index in [1.54, 1.807) is 24.3 Å². The average Bonchev–Trinajstić information content (AvgIpc) is 2.89. The molecule has 0 bridgehead atoms. The first-order chi connectivity index (χ1) is 10.0. The van der Waals surface area contributed by atoms with Crippen LogP contribution in [-0.4, -0.2) is 20.1 Å². The highest BCUT2D eigenvalue weighted by atomic mass is 79.9. The minimum absolute atomic E-state index is 0.137. The van der Waals surface area contributed by atoms with Crippen molar-refractivity contribution in [3.63, 3.8) is 0 Å². The van der Waals surface area contributed by atoms with Gasteiger partial charge in [-0.25, -0.2) is 13.1 Å². The van der Waals surface area contributed by atoms with Crippen molar-refractivity contribution in [2.45, 2.75) is 24.3 Å². The summed E-state index contributed by atoms with van der Waals surface area (Å²) in [6.07, 6.45) is 1.42. The first kappa shape index (κ1) is 16.6. The minimum atomic E-state index is -3.49. The van der Waals surface area contributed by atoms with Crippen molar-refractivity contribution in [3.05, 3.63) is 50.6 Å². The van der Waals surface area contributed by atoms with Crippen molar-refractivity contribution in [1.29, 1.82) is 0 Å². The van der Waals surface area contributed by atoms with E-state index in [1.807, 2.05) is 12.1 Å². The third kappa shape index (κ3) is 4.89. The van der Waals surface area contributed by atoms with E-state index in [9.17, 15) is 8.42 Å². The Morgan fingerprint density at radius 2 is 1.86 bits per heavy atom. The zero-order valence-electron chi connectivity index (χ0n) is 11.3. The highest BCUT2D eigenvalue weighted by molar-refractivity contribution is 9.11. The molecule has 0 aliphatic rings. The number of rotatable bonds is 7. The van der Waals surface area contributed by atoms with E-state index in [0.29, 0.717) is 6.42 Å². The molecule has 21 heavy (non-hydrogen) atoms. The Hall–Kier alpha value is -0.730. The number of sulfonamides is 1. The first-order valence-electron chi connectivity index (χ1n) is 6.45. The molecule has 1 heterocycles. The summed E-state index contributed by atoms with van der Waals surface area (Å²) < 4.78 is 27.9. The molecule has 1 aromatic heterocycles. The first-order valence-corrected chi connectivity index (χ1v) is 9.54. The van der Waals surface area contributed by atoms with E-state index < -0.39 is 10.0 Å². The molecule has 7 heteroatoms. The quantitative estimate of drug-likeness (QED) is 0.764. The molecule has 2 rings (SSSR count). The van der Waals surface area contributed by atoms with Crippen LogP contribution in [0.5, 0.6) is 0 Å². The van der Waals surface area contributed by atoms with Gasteiger partial charge in [0.25, 0.3) is 0 Å². The molecular formula is C14H16BrNO3S2. The van der Waals surface area contributed by atoms with Gasteiger partial charge in [0, 0.05) is 18.0 Å². The normalized spacial score (nSPS) is 11.7. The molecule has 1 aromatic carbocycles. The molecule has 0 atom stereocenters. The molecule has 2 N–H and O–H groups in total. The van der Waals surface area contributed by atoms with Gasteiger partial charge in [-0.05, 0) is 58.6 Å². The number of halogens is 1. The summed E-state index contributed by atoms with van der Waals surface area (Å²) in [5.74, 6) is 0. The average molecular weight is 390 g/mol. The fourth-order valence-corrected chi connectivity index (χ4v) is 4.34. The molecule has 0 unspecified atom stereocenters. The molecule has 0 spiro atoms. The van der Waals surface area contributed by atoms with Gasteiger partial charge < -0.3 is 5.11 Å². The van der Waals surface area contributed by atoms with Crippen molar-refractivity contribution in [1.82, 2.24) is 4.72 Å². The third-order valence-electron chi connectivity index (χ3n) is 2.92. The summed E-state index contributed by atoms with van der Waals surface area (Å²) in [7, 11) is -3.49. The predicted octanol–water partition coefficient (Wildman–Crippen LogP) is 2.91. The van der Waals surface area contributed by atoms with Crippen LogP contribution in [0.25, 0.3) is 0 Å². The SMILES string of the molecule is O=S(=O)(NCc1ccc(Br)s1)c1ccc(CCCO)cc1. The molecule has 4 nitrogen and oxygen atoms in total. The predicted molar refractivity (Wildman–Crippen MR) is 87.9 cm³/mol. The van der Waals surface area contributed by atoms with Gasteiger partial charge >= 0.3 is 0 Å². The number of thiophene rings is 1. The van der Waals surface area contributed by atoms with Crippen molar-refractivity contribution in [3.8, 4) is 0 Å². The van der Waals surface area contributed by atoms with E-state index in [-0.39, 0.29) is 18.0 Å². The summed E-state index contributed by atoms with van der Waals surface area (Å²) in [6, 6.07) is 10.5. The Kier molecular flexibility index (Phi) is 5.95. The summed E-state index contributed by atoms with van der Waals surface area (Å²) in [5.41, 5.74) is 1.02. The molecule has 0 amide bonds. The molecule has 0 radical (unpaired) electrons. The van der Waals surface area contributed by atoms with E-state index in [2.05, 4.69) is 20.7 Å². The van der Waals surface area contributed by atoms with Crippen LogP contribution in [0.15, 0.2) is 45.1 Å². The fraction of sp³-hybridized carbons (Fsp3) is 0.286. The lowest BCUT2D eigenvalue weighted by Gasteiger charge is -2.07. The fourth-order valence-electron chi connectivity index (χ4n) is 1.81. The van der Waals surface area contributed by atoms with Crippen LogP contribution in [0.4, 0.5) is 0 Å². The van der Waals surface area contributed by atoms with Crippen LogP contribution >= 0.6 is 27.3 Å². The van der Waals surface area contributed by atoms with E-state index in [4.69, 9.17) is 5.11 Å². The Morgan fingerprint density at radius 1 is 1.14 bits per heavy atom. The summed E-state index contributed by atoms with van der Waals surface area (Å²) >= 11 is 4.85. The molecule has 0 saturated heterocycles. The topological polar surface area (TPSA) is 66.4 Å². The molecule has 114 valence electrons. The lowest BCUT2D eigenvalue weighted by atomic mass is 10.1. The van der Waals surface area contributed by atoms with Crippen LogP contribution in [0.3, 0.4) is 0 Å². The lowest BCUT2D eigenvalue weighted by Crippen LogP contribution is -2.22. The van der Waals surface area contributed by atoms with Crippen molar-refractivity contribution in [2.24, 2.45) is 0 Å². The number of aliphatic hydroxyl groups excluding tert-OH is 1. The maximum Gasteiger partial charge on any atom is 0.240 e. The van der Waals surface area contributed by atoms with Gasteiger partial charge in [0.05, 0.1) is 8.68 Å². The van der Waals surface area contributed by atoms with Crippen LogP contribution < -0.4 is 4.72 Å². The number of aliphatic hydroxyl groups is 1. The second-order valence-corrected chi connectivity index (χ2v) is 8.82. The number of nitrogens with one attached hydrogen (secondary N) is 1. The largest absolute Gasteiger partial charge is 0.396 e. The van der Waals surface area contributed by atoms with Gasteiger partial charge in [-0.1, -0.05) is 12.1 Å². The van der Waals surface area contributed by atoms with Crippen LogP contribution in [0.1, 0.15) is 16.9 Å². The zero-order chi connectivity index (χ0) is 15.3. The second kappa shape index (κ2) is 7.51. The summed E-state index contributed by atoms with van der Waals surface area (Å²) in [4.78, 5) is 1.20. The highest BCUT2D eigenvalue weighted by Gasteiger charge is 2.13. The van der Waals surface area contributed by atoms with Crippen LogP contribution in [0.2, 0.25) is 0 Å². The summed E-state index contributed by atoms with van der Waals surface area (Å²) in [6.45, 7) is 0.419. The Bertz CT molecular complexity index is 680. The second-order valence-electron chi connectivity index (χ2n) is 4.50. The van der Waals surface area contributed by atoms with Gasteiger partial charge in [-0.3, -0.25) is 0 Å². The van der Waals surface area contributed by atoms with Crippen LogP contribution in [-0.2, 0) is 23.0 Å². The Labute approximate surface area is 137 Å². The standard InChI is InChI=1S/C14H16BrNO3S2/c15-14-8-5-12(20-14)10-16-21(18,19)13-6-3-11(4-7-13)2-1-9-17/h3-8,16-17H,1-2,9-10H2. The van der Waals surface area contributed by atoms with E-state index in [0.717, 1.165) is 20.6 Å². The minimum Gasteiger partial charge on any atom is -0.396 e. The van der Waals surface area contributed by atoms with Crippen molar-refractivity contribution >= 4 is 37.3 Å². The van der Waals surface area contributed by atoms with Gasteiger partial charge in [-0.2, -0.15) is 0 Å². The molecule has 0 aliphatic heterocycles. The maximum atomic E-state index is 12.2. The van der Waals surface area contributed by atoms with Crippen molar-refractivity contribution in [2.75, 3.05) is 6.61 Å². The molecule has 0 saturated carbocycles. The lowest BCUT2D eigenvalue weighted by molar-refractivity contribution is 0.288. The van der Waals surface area contributed by atoms with E-state index >= 15 is 0 Å². The maximum absolute atomic E-state index is 12.2. The van der Waals surface area contributed by atoms with Gasteiger partial charge in [0.15, 0.2) is 0 Å². The molecular weight excluding hydrogens is 374 g/mol. The summed E-state index contributed by atoms with van der Waals surface area (Å²) in [5, 5.41) is 8.78. The van der Waals surface area contributed by atoms with Gasteiger partial charge in [0.2, 0.25) is 10.0 Å². The van der Waals surface area contributed by atoms with Gasteiger partial charge in [0.1, 0.15) is 0 Å². The number of hydrogen-bond donors (Lipinski definition) is 2. The van der Waals surface area contributed by atoms with Crippen molar-refractivity contribution < 1.29 is 13.5 Å². The molecule has 2 aromatic rings. The Balaban J connectivity index is 2.01. The molecule has 0 aliphatic carbocycles. The Morgan fingerprint density at radius 3 is 2.43 bits per heavy atom. The molecule has 0 fully saturated rings. The number of hydrogen-bond acceptors (Lipinski definition) is 4. The smallest absolute Gasteiger partial charge is 0.240 e. The zero-order valence-corrected chi connectivity index (χ0v) is 14.5.